The minimum atomic E-state index is -0.0115. The highest BCUT2D eigenvalue weighted by molar-refractivity contribution is 5.34. The summed E-state index contributed by atoms with van der Waals surface area (Å²) in [7, 11) is 1.96. The van der Waals surface area contributed by atoms with E-state index in [1.54, 1.807) is 0 Å². The van der Waals surface area contributed by atoms with Crippen LogP contribution in [0.5, 0.6) is 0 Å². The summed E-state index contributed by atoms with van der Waals surface area (Å²) in [6.07, 6.45) is 5.57. The molecular weight excluding hydrogens is 274 g/mol. The first kappa shape index (κ1) is 15.3. The molecule has 1 saturated heterocycles. The molecule has 0 N–H and O–H groups in total. The van der Waals surface area contributed by atoms with Crippen LogP contribution in [0.2, 0.25) is 0 Å². The maximum Gasteiger partial charge on any atom is 0.120 e. The Morgan fingerprint density at radius 2 is 2.05 bits per heavy atom. The zero-order chi connectivity index (χ0) is 15.7. The third kappa shape index (κ3) is 2.84. The smallest absolute Gasteiger partial charge is 0.120 e. The van der Waals surface area contributed by atoms with Gasteiger partial charge < -0.3 is 9.30 Å². The van der Waals surface area contributed by atoms with Gasteiger partial charge in [0.15, 0.2) is 0 Å². The van der Waals surface area contributed by atoms with Crippen LogP contribution in [-0.2, 0) is 18.3 Å². The lowest BCUT2D eigenvalue weighted by Crippen LogP contribution is -2.46. The van der Waals surface area contributed by atoms with Gasteiger partial charge in [-0.15, -0.1) is 0 Å². The van der Waals surface area contributed by atoms with Crippen molar-refractivity contribution in [3.8, 4) is 6.07 Å². The van der Waals surface area contributed by atoms with Crippen LogP contribution >= 0.6 is 0 Å². The number of hydrogen-bond donors (Lipinski definition) is 0. The lowest BCUT2D eigenvalue weighted by Gasteiger charge is -2.42. The monoisotopic (exact) mass is 299 g/mol. The molecule has 118 valence electrons. The average molecular weight is 299 g/mol. The average Bonchev–Trinajstić information content (AvgIpc) is 2.77. The van der Waals surface area contributed by atoms with Gasteiger partial charge in [0, 0.05) is 32.4 Å². The van der Waals surface area contributed by atoms with Gasteiger partial charge in [-0.25, -0.2) is 0 Å². The molecule has 22 heavy (non-hydrogen) atoms. The second-order valence-electron chi connectivity index (χ2n) is 6.74. The maximum absolute atomic E-state index is 9.15. The molecule has 0 unspecified atom stereocenters. The molecule has 3 rings (SSSR count). The van der Waals surface area contributed by atoms with Gasteiger partial charge in [-0.3, -0.25) is 4.90 Å². The minimum absolute atomic E-state index is 0.0115. The van der Waals surface area contributed by atoms with E-state index in [-0.39, 0.29) is 5.60 Å². The van der Waals surface area contributed by atoms with Crippen LogP contribution in [-0.4, -0.2) is 34.8 Å². The molecule has 2 aliphatic heterocycles. The molecule has 0 radical (unpaired) electrons. The summed E-state index contributed by atoms with van der Waals surface area (Å²) in [5, 5.41) is 9.15. The summed E-state index contributed by atoms with van der Waals surface area (Å²) in [4.78, 5) is 2.48. The summed E-state index contributed by atoms with van der Waals surface area (Å²) in [6.45, 7) is 8.22. The lowest BCUT2D eigenvalue weighted by molar-refractivity contribution is -0.0577. The molecule has 0 bridgehead atoms. The minimum Gasteiger partial charge on any atom is -0.370 e. The summed E-state index contributed by atoms with van der Waals surface area (Å²) in [5.41, 5.74) is 4.67. The van der Waals surface area contributed by atoms with Crippen molar-refractivity contribution in [2.75, 3.05) is 19.7 Å². The first-order valence-corrected chi connectivity index (χ1v) is 8.13. The Balaban J connectivity index is 1.65. The van der Waals surface area contributed by atoms with Crippen LogP contribution in [0.3, 0.4) is 0 Å². The van der Waals surface area contributed by atoms with Gasteiger partial charge in [-0.05, 0) is 44.7 Å². The largest absolute Gasteiger partial charge is 0.370 e. The van der Waals surface area contributed by atoms with Crippen molar-refractivity contribution in [1.82, 2.24) is 9.47 Å². The van der Waals surface area contributed by atoms with Crippen LogP contribution in [0.4, 0.5) is 0 Å². The van der Waals surface area contributed by atoms with Gasteiger partial charge >= 0.3 is 0 Å². The van der Waals surface area contributed by atoms with E-state index in [1.165, 1.54) is 16.8 Å². The Kier molecular flexibility index (Phi) is 4.12. The number of piperidine rings is 1. The zero-order valence-corrected chi connectivity index (χ0v) is 13.9. The van der Waals surface area contributed by atoms with Crippen LogP contribution in [0.25, 0.3) is 0 Å². The number of nitrogens with zero attached hydrogens (tertiary/aromatic N) is 3. The van der Waals surface area contributed by atoms with Gasteiger partial charge in [0.2, 0.25) is 0 Å². The molecule has 3 heterocycles. The Labute approximate surface area is 133 Å². The molecule has 0 aromatic carbocycles. The predicted molar refractivity (Wildman–Crippen MR) is 86.4 cm³/mol. The molecule has 0 aliphatic carbocycles. The van der Waals surface area contributed by atoms with Crippen molar-refractivity contribution in [2.24, 2.45) is 7.05 Å². The van der Waals surface area contributed by atoms with Gasteiger partial charge in [0.25, 0.3) is 0 Å². The Bertz CT molecular complexity index is 627. The van der Waals surface area contributed by atoms with E-state index in [9.17, 15) is 0 Å². The molecule has 1 spiro atoms. The number of likely N-dealkylation sites (tertiary alicyclic amines) is 1. The number of aromatic nitrogens is 1. The normalized spacial score (nSPS) is 21.6. The van der Waals surface area contributed by atoms with Crippen molar-refractivity contribution in [3.05, 3.63) is 34.7 Å². The molecule has 1 aromatic heterocycles. The van der Waals surface area contributed by atoms with Crippen LogP contribution in [0, 0.1) is 18.3 Å². The van der Waals surface area contributed by atoms with E-state index in [0.29, 0.717) is 0 Å². The van der Waals surface area contributed by atoms with Crippen molar-refractivity contribution in [2.45, 2.75) is 45.3 Å². The van der Waals surface area contributed by atoms with Gasteiger partial charge in [0.05, 0.1) is 12.2 Å². The summed E-state index contributed by atoms with van der Waals surface area (Å²) >= 11 is 0. The fraction of sp³-hybridized carbons (Fsp3) is 0.611. The van der Waals surface area contributed by atoms with Crippen molar-refractivity contribution < 1.29 is 4.74 Å². The number of hydrogen-bond acceptors (Lipinski definition) is 3. The van der Waals surface area contributed by atoms with Gasteiger partial charge in [-0.1, -0.05) is 11.6 Å². The highest BCUT2D eigenvalue weighted by atomic mass is 16.5. The first-order chi connectivity index (χ1) is 10.5. The Morgan fingerprint density at radius 3 is 2.64 bits per heavy atom. The second kappa shape index (κ2) is 5.91. The van der Waals surface area contributed by atoms with E-state index in [0.717, 1.165) is 51.2 Å². The number of ether oxygens (including phenoxy) is 1. The zero-order valence-electron chi connectivity index (χ0n) is 13.9. The highest BCUT2D eigenvalue weighted by Gasteiger charge is 2.35. The SMILES string of the molecule is CC1=CC2(CCN(Cc3cc(C#N)n(C)c3C)CC2)OCC1. The van der Waals surface area contributed by atoms with Crippen molar-refractivity contribution in [3.63, 3.8) is 0 Å². The molecule has 2 aliphatic rings. The van der Waals surface area contributed by atoms with E-state index < -0.39 is 0 Å². The van der Waals surface area contributed by atoms with Gasteiger partial charge in [0.1, 0.15) is 11.8 Å². The molecule has 4 nitrogen and oxygen atoms in total. The summed E-state index contributed by atoms with van der Waals surface area (Å²) in [5.74, 6) is 0. The summed E-state index contributed by atoms with van der Waals surface area (Å²) < 4.78 is 8.07. The van der Waals surface area contributed by atoms with Crippen LogP contribution in [0.1, 0.15) is 43.1 Å². The molecule has 0 saturated carbocycles. The third-order valence-corrected chi connectivity index (χ3v) is 5.25. The van der Waals surface area contributed by atoms with Crippen LogP contribution in [0.15, 0.2) is 17.7 Å². The Hall–Kier alpha value is -1.57. The van der Waals surface area contributed by atoms with E-state index >= 15 is 0 Å². The molecule has 1 fully saturated rings. The predicted octanol–water partition coefficient (Wildman–Crippen LogP) is 2.91. The quantitative estimate of drug-likeness (QED) is 0.789. The fourth-order valence-corrected chi connectivity index (χ4v) is 3.63. The fourth-order valence-electron chi connectivity index (χ4n) is 3.63. The molecule has 4 heteroatoms. The maximum atomic E-state index is 9.15. The second-order valence-corrected chi connectivity index (χ2v) is 6.74. The topological polar surface area (TPSA) is 41.2 Å². The standard InChI is InChI=1S/C18H25N3O/c1-14-4-9-22-18(11-14)5-7-21(8-6-18)13-16-10-17(12-19)20(3)15(16)2/h10-11H,4-9,13H2,1-3H3. The summed E-state index contributed by atoms with van der Waals surface area (Å²) in [6, 6.07) is 4.29. The highest BCUT2D eigenvalue weighted by Crippen LogP contribution is 2.33. The van der Waals surface area contributed by atoms with Crippen LogP contribution < -0.4 is 0 Å². The molecule has 0 atom stereocenters. The molecule has 1 aromatic rings. The van der Waals surface area contributed by atoms with E-state index in [4.69, 9.17) is 10.00 Å². The van der Waals surface area contributed by atoms with Crippen molar-refractivity contribution in [1.29, 1.82) is 5.26 Å². The molecular formula is C18H25N3O. The number of nitriles is 1. The first-order valence-electron chi connectivity index (χ1n) is 8.13. The third-order valence-electron chi connectivity index (χ3n) is 5.25. The van der Waals surface area contributed by atoms with Gasteiger partial charge in [-0.2, -0.15) is 5.26 Å². The number of rotatable bonds is 2. The lowest BCUT2D eigenvalue weighted by atomic mass is 9.87. The van der Waals surface area contributed by atoms with E-state index in [2.05, 4.69) is 30.9 Å². The van der Waals surface area contributed by atoms with E-state index in [1.807, 2.05) is 17.7 Å². The van der Waals surface area contributed by atoms with Crippen molar-refractivity contribution >= 4 is 0 Å². The Morgan fingerprint density at radius 1 is 1.32 bits per heavy atom. The molecule has 0 amide bonds.